The van der Waals surface area contributed by atoms with Crippen LogP contribution in [0.5, 0.6) is 0 Å². The highest BCUT2D eigenvalue weighted by atomic mass is 32.2. The first-order chi connectivity index (χ1) is 12.1. The monoisotopic (exact) mass is 360 g/mol. The molecule has 0 saturated carbocycles. The number of allylic oxidation sites excluding steroid dienone is 1. The molecule has 0 saturated heterocycles. The van der Waals surface area contributed by atoms with Crippen LogP contribution in [0.15, 0.2) is 47.4 Å². The summed E-state index contributed by atoms with van der Waals surface area (Å²) in [5.41, 5.74) is 4.10. The summed E-state index contributed by atoms with van der Waals surface area (Å²) in [6, 6.07) is 3.71. The minimum atomic E-state index is -0.0703. The molecule has 0 fully saturated rings. The van der Waals surface area contributed by atoms with Gasteiger partial charge < -0.3 is 10.6 Å². The van der Waals surface area contributed by atoms with Gasteiger partial charge >= 0.3 is 0 Å². The van der Waals surface area contributed by atoms with E-state index in [0.717, 1.165) is 11.6 Å². The lowest BCUT2D eigenvalue weighted by Gasteiger charge is -2.27. The van der Waals surface area contributed by atoms with E-state index in [1.165, 1.54) is 0 Å². The number of aromatic nitrogens is 1. The molecule has 2 N–H and O–H groups in total. The lowest BCUT2D eigenvalue weighted by Crippen LogP contribution is -2.32. The number of rotatable bonds is 7. The summed E-state index contributed by atoms with van der Waals surface area (Å²) in [5.74, 6) is 1.34. The Morgan fingerprint density at radius 2 is 2.32 bits per heavy atom. The van der Waals surface area contributed by atoms with Crippen molar-refractivity contribution in [1.82, 2.24) is 15.3 Å². The fraction of sp³-hybridized carbons (Fsp3) is 0.353. The van der Waals surface area contributed by atoms with E-state index in [2.05, 4.69) is 27.3 Å². The number of hydrogen-bond donors (Lipinski definition) is 2. The molecule has 2 heterocycles. The molecule has 7 nitrogen and oxygen atoms in total. The highest BCUT2D eigenvalue weighted by Gasteiger charge is 2.22. The van der Waals surface area contributed by atoms with E-state index >= 15 is 0 Å². The molecule has 0 bridgehead atoms. The standard InChI is InChI=1S/C17H24N6OS/c1-13-9-14(7-8-23(13)21-12-25-11-18-2)17(24)22(4)16-6-5-15(19-3)10-20-16/h5-6,9-10,12,18-19H,1,7-8,11H2,2-4H3/b21-12-. The van der Waals surface area contributed by atoms with E-state index in [1.807, 2.05) is 26.2 Å². The molecule has 134 valence electrons. The first-order valence-electron chi connectivity index (χ1n) is 7.94. The van der Waals surface area contributed by atoms with Crippen LogP contribution in [0.2, 0.25) is 0 Å². The van der Waals surface area contributed by atoms with Crippen LogP contribution in [0, 0.1) is 0 Å². The lowest BCUT2D eigenvalue weighted by atomic mass is 10.1. The zero-order valence-corrected chi connectivity index (χ0v) is 15.6. The van der Waals surface area contributed by atoms with Gasteiger partial charge in [0.2, 0.25) is 0 Å². The SMILES string of the molecule is C=C1C=C(C(=O)N(C)c2ccc(NC)cn2)CCN1/N=C\SCNC. The predicted octanol–water partition coefficient (Wildman–Crippen LogP) is 2.09. The van der Waals surface area contributed by atoms with Gasteiger partial charge in [-0.15, -0.1) is 0 Å². The van der Waals surface area contributed by atoms with Crippen LogP contribution in [0.1, 0.15) is 6.42 Å². The second-order valence-electron chi connectivity index (χ2n) is 5.44. The molecule has 25 heavy (non-hydrogen) atoms. The Balaban J connectivity index is 2.02. The van der Waals surface area contributed by atoms with Crippen LogP contribution in [-0.2, 0) is 4.79 Å². The molecule has 1 aliphatic heterocycles. The number of nitrogens with zero attached hydrogens (tertiary/aromatic N) is 4. The lowest BCUT2D eigenvalue weighted by molar-refractivity contribution is -0.115. The summed E-state index contributed by atoms with van der Waals surface area (Å²) in [7, 11) is 5.45. The average molecular weight is 360 g/mol. The molecule has 0 radical (unpaired) electrons. The first-order valence-corrected chi connectivity index (χ1v) is 8.99. The number of hydrazone groups is 1. The summed E-state index contributed by atoms with van der Waals surface area (Å²) in [6.45, 7) is 4.63. The average Bonchev–Trinajstić information content (AvgIpc) is 2.65. The number of amides is 1. The Morgan fingerprint density at radius 1 is 1.52 bits per heavy atom. The van der Waals surface area contributed by atoms with Gasteiger partial charge in [-0.05, 0) is 31.7 Å². The molecular weight excluding hydrogens is 336 g/mol. The molecule has 0 aliphatic carbocycles. The Morgan fingerprint density at radius 3 is 2.92 bits per heavy atom. The Kier molecular flexibility index (Phi) is 7.03. The molecule has 2 rings (SSSR count). The minimum Gasteiger partial charge on any atom is -0.387 e. The second kappa shape index (κ2) is 9.24. The normalized spacial score (nSPS) is 14.6. The van der Waals surface area contributed by atoms with E-state index < -0.39 is 0 Å². The van der Waals surface area contributed by atoms with E-state index in [9.17, 15) is 4.79 Å². The zero-order valence-electron chi connectivity index (χ0n) is 14.8. The smallest absolute Gasteiger partial charge is 0.255 e. The molecule has 1 aromatic rings. The largest absolute Gasteiger partial charge is 0.387 e. The number of anilines is 2. The summed E-state index contributed by atoms with van der Waals surface area (Å²) in [4.78, 5) is 18.6. The molecule has 1 aliphatic rings. The van der Waals surface area contributed by atoms with Crippen LogP contribution in [0.4, 0.5) is 11.5 Å². The number of hydrogen-bond acceptors (Lipinski definition) is 7. The van der Waals surface area contributed by atoms with Crippen LogP contribution < -0.4 is 15.5 Å². The molecule has 1 amide bonds. The van der Waals surface area contributed by atoms with E-state index in [1.54, 1.807) is 46.5 Å². The quantitative estimate of drug-likeness (QED) is 0.336. The molecule has 0 aromatic carbocycles. The first kappa shape index (κ1) is 19.0. The molecule has 0 spiro atoms. The van der Waals surface area contributed by atoms with E-state index in [0.29, 0.717) is 30.1 Å². The van der Waals surface area contributed by atoms with Gasteiger partial charge in [0, 0.05) is 32.1 Å². The Labute approximate surface area is 152 Å². The molecule has 0 atom stereocenters. The van der Waals surface area contributed by atoms with Crippen molar-refractivity contribution in [2.24, 2.45) is 5.10 Å². The maximum atomic E-state index is 12.7. The van der Waals surface area contributed by atoms with Gasteiger partial charge in [0.15, 0.2) is 0 Å². The van der Waals surface area contributed by atoms with Crippen molar-refractivity contribution in [3.8, 4) is 0 Å². The summed E-state index contributed by atoms with van der Waals surface area (Å²) >= 11 is 1.57. The maximum Gasteiger partial charge on any atom is 0.255 e. The molecule has 0 unspecified atom stereocenters. The van der Waals surface area contributed by atoms with Crippen molar-refractivity contribution in [2.75, 3.05) is 43.8 Å². The van der Waals surface area contributed by atoms with Crippen LogP contribution >= 0.6 is 11.8 Å². The van der Waals surface area contributed by atoms with Crippen molar-refractivity contribution in [3.63, 3.8) is 0 Å². The third kappa shape index (κ3) is 5.07. The van der Waals surface area contributed by atoms with E-state index in [-0.39, 0.29) is 5.91 Å². The number of pyridine rings is 1. The molecule has 1 aromatic heterocycles. The van der Waals surface area contributed by atoms with Crippen molar-refractivity contribution in [1.29, 1.82) is 0 Å². The Bertz CT molecular complexity index is 670. The van der Waals surface area contributed by atoms with Crippen molar-refractivity contribution in [2.45, 2.75) is 6.42 Å². The summed E-state index contributed by atoms with van der Waals surface area (Å²) in [6.07, 6.45) is 4.11. The van der Waals surface area contributed by atoms with Gasteiger partial charge in [0.05, 0.1) is 23.1 Å². The van der Waals surface area contributed by atoms with Gasteiger partial charge in [0.25, 0.3) is 5.91 Å². The number of carbonyl (C=O) groups is 1. The van der Waals surface area contributed by atoms with Crippen molar-refractivity contribution in [3.05, 3.63) is 42.3 Å². The number of nitrogens with one attached hydrogen (secondary N) is 2. The van der Waals surface area contributed by atoms with Gasteiger partial charge in [-0.3, -0.25) is 14.7 Å². The number of carbonyl (C=O) groups excluding carboxylic acids is 1. The highest BCUT2D eigenvalue weighted by molar-refractivity contribution is 8.12. The van der Waals surface area contributed by atoms with Crippen LogP contribution in [-0.4, -0.2) is 55.0 Å². The van der Waals surface area contributed by atoms with Gasteiger partial charge in [-0.25, -0.2) is 4.98 Å². The predicted molar refractivity (Wildman–Crippen MR) is 106 cm³/mol. The van der Waals surface area contributed by atoms with Gasteiger partial charge in [-0.2, -0.15) is 5.10 Å². The van der Waals surface area contributed by atoms with Gasteiger partial charge in [-0.1, -0.05) is 18.3 Å². The topological polar surface area (TPSA) is 72.9 Å². The second-order valence-corrected chi connectivity index (χ2v) is 6.27. The third-order valence-corrected chi connectivity index (χ3v) is 4.41. The molecule has 8 heteroatoms. The maximum absolute atomic E-state index is 12.7. The summed E-state index contributed by atoms with van der Waals surface area (Å²) in [5, 5.41) is 12.2. The minimum absolute atomic E-state index is 0.0703. The fourth-order valence-corrected chi connectivity index (χ4v) is 2.70. The van der Waals surface area contributed by atoms with Crippen molar-refractivity contribution >= 4 is 34.7 Å². The third-order valence-electron chi connectivity index (χ3n) is 3.71. The van der Waals surface area contributed by atoms with Crippen molar-refractivity contribution < 1.29 is 4.79 Å². The summed E-state index contributed by atoms with van der Waals surface area (Å²) < 4.78 is 0. The van der Waals surface area contributed by atoms with E-state index in [4.69, 9.17) is 0 Å². The number of thioether (sulfide) groups is 1. The van der Waals surface area contributed by atoms with Crippen LogP contribution in [0.3, 0.4) is 0 Å². The fourth-order valence-electron chi connectivity index (χ4n) is 2.28. The molecular formula is C17H24N6OS. The highest BCUT2D eigenvalue weighted by Crippen LogP contribution is 2.22. The zero-order chi connectivity index (χ0) is 18.2. The van der Waals surface area contributed by atoms with Crippen LogP contribution in [0.25, 0.3) is 0 Å². The number of likely N-dealkylation sites (N-methyl/N-ethyl adjacent to an activating group) is 1. The van der Waals surface area contributed by atoms with Gasteiger partial charge in [0.1, 0.15) is 5.82 Å². The Hall–Kier alpha value is -2.32.